The maximum atomic E-state index is 12.3. The van der Waals surface area contributed by atoms with E-state index in [-0.39, 0.29) is 24.8 Å². The molecule has 0 aliphatic rings. The Labute approximate surface area is 134 Å². The van der Waals surface area contributed by atoms with Crippen LogP contribution in [0.5, 0.6) is 0 Å². The van der Waals surface area contributed by atoms with Gasteiger partial charge in [-0.2, -0.15) is 5.10 Å². The molecule has 0 fully saturated rings. The van der Waals surface area contributed by atoms with Crippen LogP contribution in [0.15, 0.2) is 10.6 Å². The standard InChI is InChI=1S/C15H21N5O3/c1-9-6-13(18-23-9)16-14(21)8-19(4)15(22)7-12-10(2)17-20(5)11(12)3/h6H,7-8H2,1-5H3,(H,16,18,21). The molecule has 0 atom stereocenters. The summed E-state index contributed by atoms with van der Waals surface area (Å²) in [6.07, 6.45) is 0.221. The summed E-state index contributed by atoms with van der Waals surface area (Å²) in [5.41, 5.74) is 2.68. The van der Waals surface area contributed by atoms with Crippen molar-refractivity contribution in [2.45, 2.75) is 27.2 Å². The van der Waals surface area contributed by atoms with E-state index in [4.69, 9.17) is 4.52 Å². The van der Waals surface area contributed by atoms with Crippen LogP contribution in [0.3, 0.4) is 0 Å². The summed E-state index contributed by atoms with van der Waals surface area (Å²) in [6.45, 7) is 5.47. The zero-order chi connectivity index (χ0) is 17.1. The van der Waals surface area contributed by atoms with Crippen molar-refractivity contribution in [2.75, 3.05) is 18.9 Å². The minimum Gasteiger partial charge on any atom is -0.360 e. The third kappa shape index (κ3) is 3.97. The molecule has 8 nitrogen and oxygen atoms in total. The fraction of sp³-hybridized carbons (Fsp3) is 0.467. The van der Waals surface area contributed by atoms with E-state index in [0.29, 0.717) is 11.6 Å². The summed E-state index contributed by atoms with van der Waals surface area (Å²) in [5, 5.41) is 10.6. The van der Waals surface area contributed by atoms with Gasteiger partial charge in [-0.3, -0.25) is 14.3 Å². The molecule has 0 spiro atoms. The zero-order valence-electron chi connectivity index (χ0n) is 14.0. The molecule has 0 aliphatic heterocycles. The van der Waals surface area contributed by atoms with Gasteiger partial charge in [-0.25, -0.2) is 0 Å². The lowest BCUT2D eigenvalue weighted by atomic mass is 10.1. The van der Waals surface area contributed by atoms with E-state index < -0.39 is 0 Å². The molecule has 2 rings (SSSR count). The highest BCUT2D eigenvalue weighted by Crippen LogP contribution is 2.13. The number of carbonyl (C=O) groups excluding carboxylic acids is 2. The number of carbonyl (C=O) groups is 2. The Bertz CT molecular complexity index is 732. The second-order valence-corrected chi connectivity index (χ2v) is 5.57. The molecule has 2 aromatic heterocycles. The summed E-state index contributed by atoms with van der Waals surface area (Å²) < 4.78 is 6.62. The number of nitrogens with zero attached hydrogens (tertiary/aromatic N) is 4. The fourth-order valence-electron chi connectivity index (χ4n) is 2.27. The predicted molar refractivity (Wildman–Crippen MR) is 83.9 cm³/mol. The fourth-order valence-corrected chi connectivity index (χ4v) is 2.27. The van der Waals surface area contributed by atoms with Crippen LogP contribution in [0.2, 0.25) is 0 Å². The van der Waals surface area contributed by atoms with Crippen molar-refractivity contribution < 1.29 is 14.1 Å². The number of aromatic nitrogens is 3. The van der Waals surface area contributed by atoms with Crippen LogP contribution in [0.4, 0.5) is 5.82 Å². The van der Waals surface area contributed by atoms with Gasteiger partial charge in [-0.05, 0) is 20.8 Å². The molecule has 2 aromatic rings. The molecule has 0 radical (unpaired) electrons. The molecule has 0 aromatic carbocycles. The summed E-state index contributed by atoms with van der Waals surface area (Å²) in [6, 6.07) is 1.61. The highest BCUT2D eigenvalue weighted by molar-refractivity contribution is 5.94. The zero-order valence-corrected chi connectivity index (χ0v) is 14.0. The quantitative estimate of drug-likeness (QED) is 0.886. The number of hydrogen-bond acceptors (Lipinski definition) is 5. The Morgan fingerprint density at radius 3 is 2.57 bits per heavy atom. The van der Waals surface area contributed by atoms with Crippen LogP contribution < -0.4 is 5.32 Å². The number of nitrogens with one attached hydrogen (secondary N) is 1. The Morgan fingerprint density at radius 2 is 2.04 bits per heavy atom. The molecular weight excluding hydrogens is 298 g/mol. The van der Waals surface area contributed by atoms with Gasteiger partial charge in [0.1, 0.15) is 5.76 Å². The van der Waals surface area contributed by atoms with Gasteiger partial charge in [-0.15, -0.1) is 0 Å². The summed E-state index contributed by atoms with van der Waals surface area (Å²) >= 11 is 0. The van der Waals surface area contributed by atoms with Crippen LogP contribution in [0, 0.1) is 20.8 Å². The summed E-state index contributed by atoms with van der Waals surface area (Å²) in [7, 11) is 3.43. The summed E-state index contributed by atoms with van der Waals surface area (Å²) in [5.74, 6) is 0.476. The van der Waals surface area contributed by atoms with Crippen molar-refractivity contribution in [3.63, 3.8) is 0 Å². The average molecular weight is 319 g/mol. The molecule has 0 saturated heterocycles. The number of aryl methyl sites for hydroxylation is 3. The number of amides is 2. The molecule has 2 amide bonds. The van der Waals surface area contributed by atoms with Crippen molar-refractivity contribution >= 4 is 17.6 Å². The molecular formula is C15H21N5O3. The van der Waals surface area contributed by atoms with Gasteiger partial charge < -0.3 is 14.7 Å². The van der Waals surface area contributed by atoms with Crippen molar-refractivity contribution in [3.8, 4) is 0 Å². The van der Waals surface area contributed by atoms with Crippen molar-refractivity contribution in [1.82, 2.24) is 19.8 Å². The number of hydrogen-bond donors (Lipinski definition) is 1. The first-order chi connectivity index (χ1) is 10.8. The Hall–Kier alpha value is -2.64. The van der Waals surface area contributed by atoms with Gasteiger partial charge in [0, 0.05) is 31.4 Å². The largest absolute Gasteiger partial charge is 0.360 e. The van der Waals surface area contributed by atoms with Crippen molar-refractivity contribution in [3.05, 3.63) is 28.8 Å². The third-order valence-electron chi connectivity index (χ3n) is 3.69. The number of anilines is 1. The van der Waals surface area contributed by atoms with Gasteiger partial charge in [0.2, 0.25) is 11.8 Å². The van der Waals surface area contributed by atoms with E-state index in [9.17, 15) is 9.59 Å². The average Bonchev–Trinajstić information content (AvgIpc) is 2.97. The number of likely N-dealkylation sites (N-methyl/N-ethyl adjacent to an activating group) is 1. The highest BCUT2D eigenvalue weighted by atomic mass is 16.5. The maximum absolute atomic E-state index is 12.3. The van der Waals surface area contributed by atoms with Gasteiger partial charge >= 0.3 is 0 Å². The molecule has 0 bridgehead atoms. The molecule has 0 unspecified atom stereocenters. The Kier molecular flexibility index (Phi) is 4.83. The minimum atomic E-state index is -0.325. The van der Waals surface area contributed by atoms with Gasteiger partial charge in [0.15, 0.2) is 5.82 Å². The van der Waals surface area contributed by atoms with Crippen molar-refractivity contribution in [1.29, 1.82) is 0 Å². The molecule has 2 heterocycles. The minimum absolute atomic E-state index is 0.0525. The van der Waals surface area contributed by atoms with E-state index in [1.54, 1.807) is 24.7 Å². The van der Waals surface area contributed by atoms with Gasteiger partial charge in [-0.1, -0.05) is 5.16 Å². The molecule has 1 N–H and O–H groups in total. The van der Waals surface area contributed by atoms with Crippen molar-refractivity contribution in [2.24, 2.45) is 7.05 Å². The van der Waals surface area contributed by atoms with Gasteiger partial charge in [0.05, 0.1) is 18.7 Å². The smallest absolute Gasteiger partial charge is 0.245 e. The lowest BCUT2D eigenvalue weighted by Gasteiger charge is -2.16. The van der Waals surface area contributed by atoms with E-state index >= 15 is 0 Å². The second-order valence-electron chi connectivity index (χ2n) is 5.57. The lowest BCUT2D eigenvalue weighted by Crippen LogP contribution is -2.36. The van der Waals surface area contributed by atoms with Crippen LogP contribution in [0.25, 0.3) is 0 Å². The van der Waals surface area contributed by atoms with E-state index in [1.165, 1.54) is 4.90 Å². The van der Waals surface area contributed by atoms with Crippen LogP contribution in [0.1, 0.15) is 22.7 Å². The first-order valence-corrected chi connectivity index (χ1v) is 7.24. The monoisotopic (exact) mass is 319 g/mol. The predicted octanol–water partition coefficient (Wildman–Crippen LogP) is 0.973. The third-order valence-corrected chi connectivity index (χ3v) is 3.69. The maximum Gasteiger partial charge on any atom is 0.245 e. The van der Waals surface area contributed by atoms with E-state index in [0.717, 1.165) is 17.0 Å². The van der Waals surface area contributed by atoms with Crippen LogP contribution in [-0.4, -0.2) is 45.2 Å². The van der Waals surface area contributed by atoms with E-state index in [1.807, 2.05) is 20.9 Å². The van der Waals surface area contributed by atoms with E-state index in [2.05, 4.69) is 15.6 Å². The molecule has 124 valence electrons. The molecule has 0 aliphatic carbocycles. The number of rotatable bonds is 5. The normalized spacial score (nSPS) is 10.7. The second kappa shape index (κ2) is 6.64. The molecule has 8 heteroatoms. The van der Waals surface area contributed by atoms with Crippen LogP contribution >= 0.6 is 0 Å². The van der Waals surface area contributed by atoms with Crippen LogP contribution in [-0.2, 0) is 23.1 Å². The molecule has 0 saturated carbocycles. The topological polar surface area (TPSA) is 93.3 Å². The first-order valence-electron chi connectivity index (χ1n) is 7.24. The Balaban J connectivity index is 1.93. The first kappa shape index (κ1) is 16.7. The summed E-state index contributed by atoms with van der Waals surface area (Å²) in [4.78, 5) is 25.6. The van der Waals surface area contributed by atoms with Gasteiger partial charge in [0.25, 0.3) is 0 Å². The Morgan fingerprint density at radius 1 is 1.35 bits per heavy atom. The lowest BCUT2D eigenvalue weighted by molar-refractivity contribution is -0.132. The highest BCUT2D eigenvalue weighted by Gasteiger charge is 2.18. The molecule has 23 heavy (non-hydrogen) atoms. The SMILES string of the molecule is Cc1cc(NC(=O)CN(C)C(=O)Cc2c(C)nn(C)c2C)no1.